The molecule has 1 aliphatic heterocycles. The Morgan fingerprint density at radius 3 is 2.47 bits per heavy atom. The normalized spacial score (nSPS) is 18.8. The van der Waals surface area contributed by atoms with Crippen LogP contribution in [0.2, 0.25) is 0 Å². The molecule has 0 saturated heterocycles. The number of anilines is 1. The third-order valence-electron chi connectivity index (χ3n) is 6.31. The van der Waals surface area contributed by atoms with Crippen LogP contribution in [-0.2, 0) is 21.9 Å². The van der Waals surface area contributed by atoms with Crippen LogP contribution >= 0.6 is 0 Å². The van der Waals surface area contributed by atoms with Crippen molar-refractivity contribution in [2.75, 3.05) is 31.2 Å². The molecule has 1 aliphatic rings. The SMILES string of the molecule is CNCCCS(=O)(=O)NCCCC1Cc2cc(C(C)(C)C)ccc2NC1c1ccccc1. The van der Waals surface area contributed by atoms with Crippen molar-refractivity contribution in [2.24, 2.45) is 5.92 Å². The Labute approximate surface area is 194 Å². The molecular formula is C26H39N3O2S. The lowest BCUT2D eigenvalue weighted by Crippen LogP contribution is -2.31. The lowest BCUT2D eigenvalue weighted by atomic mass is 9.78. The Morgan fingerprint density at radius 1 is 1.03 bits per heavy atom. The number of rotatable bonds is 10. The van der Waals surface area contributed by atoms with Crippen molar-refractivity contribution in [3.63, 3.8) is 0 Å². The molecule has 2 atom stereocenters. The van der Waals surface area contributed by atoms with Gasteiger partial charge in [0, 0.05) is 12.2 Å². The van der Waals surface area contributed by atoms with E-state index in [0.717, 1.165) is 19.3 Å². The molecule has 1 heterocycles. The first-order valence-corrected chi connectivity index (χ1v) is 13.4. The molecule has 0 fully saturated rings. The van der Waals surface area contributed by atoms with Gasteiger partial charge in [-0.2, -0.15) is 0 Å². The minimum absolute atomic E-state index is 0.117. The topological polar surface area (TPSA) is 70.2 Å². The summed E-state index contributed by atoms with van der Waals surface area (Å²) in [6.07, 6.45) is 3.42. The van der Waals surface area contributed by atoms with Crippen LogP contribution in [0.25, 0.3) is 0 Å². The Morgan fingerprint density at radius 2 is 1.78 bits per heavy atom. The molecule has 0 aromatic heterocycles. The maximum Gasteiger partial charge on any atom is 0.211 e. The molecule has 0 radical (unpaired) electrons. The van der Waals surface area contributed by atoms with Crippen LogP contribution in [0.4, 0.5) is 5.69 Å². The molecule has 3 N–H and O–H groups in total. The predicted octanol–water partition coefficient (Wildman–Crippen LogP) is 4.62. The van der Waals surface area contributed by atoms with Gasteiger partial charge in [0.15, 0.2) is 0 Å². The average molecular weight is 458 g/mol. The molecule has 5 nitrogen and oxygen atoms in total. The second kappa shape index (κ2) is 10.8. The maximum absolute atomic E-state index is 12.2. The van der Waals surface area contributed by atoms with E-state index >= 15 is 0 Å². The zero-order valence-corrected chi connectivity index (χ0v) is 20.8. The fraction of sp³-hybridized carbons (Fsp3) is 0.538. The van der Waals surface area contributed by atoms with Crippen LogP contribution < -0.4 is 15.4 Å². The van der Waals surface area contributed by atoms with Gasteiger partial charge in [0.2, 0.25) is 10.0 Å². The molecule has 32 heavy (non-hydrogen) atoms. The molecule has 0 bridgehead atoms. The molecule has 0 amide bonds. The van der Waals surface area contributed by atoms with Crippen LogP contribution in [0.1, 0.15) is 62.8 Å². The Kier molecular flexibility index (Phi) is 8.37. The average Bonchev–Trinajstić information content (AvgIpc) is 2.76. The number of fused-ring (bicyclic) bond motifs is 1. The molecule has 2 unspecified atom stereocenters. The fourth-order valence-corrected chi connectivity index (χ4v) is 5.57. The molecule has 2 aromatic carbocycles. The number of hydrogen-bond acceptors (Lipinski definition) is 4. The number of hydrogen-bond donors (Lipinski definition) is 3. The minimum Gasteiger partial charge on any atom is -0.378 e. The van der Waals surface area contributed by atoms with Crippen molar-refractivity contribution in [1.82, 2.24) is 10.0 Å². The van der Waals surface area contributed by atoms with E-state index in [0.29, 0.717) is 25.4 Å². The van der Waals surface area contributed by atoms with Crippen molar-refractivity contribution in [1.29, 1.82) is 0 Å². The first-order chi connectivity index (χ1) is 15.2. The predicted molar refractivity (Wildman–Crippen MR) is 135 cm³/mol. The third kappa shape index (κ3) is 6.80. The van der Waals surface area contributed by atoms with E-state index in [2.05, 4.69) is 78.6 Å². The van der Waals surface area contributed by atoms with E-state index in [-0.39, 0.29) is 17.2 Å². The second-order valence-corrected chi connectivity index (χ2v) is 11.9. The first kappa shape index (κ1) is 24.7. The monoisotopic (exact) mass is 457 g/mol. The van der Waals surface area contributed by atoms with Gasteiger partial charge in [0.05, 0.1) is 11.8 Å². The molecular weight excluding hydrogens is 418 g/mol. The summed E-state index contributed by atoms with van der Waals surface area (Å²) in [5, 5.41) is 6.78. The largest absolute Gasteiger partial charge is 0.378 e. The van der Waals surface area contributed by atoms with Crippen LogP contribution in [-0.4, -0.2) is 34.3 Å². The lowest BCUT2D eigenvalue weighted by Gasteiger charge is -2.36. The van der Waals surface area contributed by atoms with E-state index < -0.39 is 10.0 Å². The summed E-state index contributed by atoms with van der Waals surface area (Å²) in [6, 6.07) is 17.6. The van der Waals surface area contributed by atoms with Gasteiger partial charge in [0.1, 0.15) is 0 Å². The molecule has 176 valence electrons. The molecule has 2 aromatic rings. The van der Waals surface area contributed by atoms with Crippen LogP contribution in [0.3, 0.4) is 0 Å². The van der Waals surface area contributed by atoms with E-state index in [1.54, 1.807) is 0 Å². The quantitative estimate of drug-likeness (QED) is 0.455. The van der Waals surface area contributed by atoms with Gasteiger partial charge >= 0.3 is 0 Å². The second-order valence-electron chi connectivity index (χ2n) is 9.93. The molecule has 6 heteroatoms. The van der Waals surface area contributed by atoms with E-state index in [4.69, 9.17) is 0 Å². The van der Waals surface area contributed by atoms with Crippen molar-refractivity contribution < 1.29 is 8.42 Å². The maximum atomic E-state index is 12.2. The van der Waals surface area contributed by atoms with E-state index in [1.807, 2.05) is 13.1 Å². The van der Waals surface area contributed by atoms with Gasteiger partial charge in [-0.05, 0) is 73.4 Å². The van der Waals surface area contributed by atoms with Crippen molar-refractivity contribution in [3.05, 3.63) is 65.2 Å². The van der Waals surface area contributed by atoms with E-state index in [1.165, 1.54) is 22.4 Å². The van der Waals surface area contributed by atoms with Gasteiger partial charge in [0.25, 0.3) is 0 Å². The molecule has 0 spiro atoms. The number of benzene rings is 2. The van der Waals surface area contributed by atoms with Crippen LogP contribution in [0.15, 0.2) is 48.5 Å². The van der Waals surface area contributed by atoms with E-state index in [9.17, 15) is 8.42 Å². The summed E-state index contributed by atoms with van der Waals surface area (Å²) < 4.78 is 27.2. The van der Waals surface area contributed by atoms with Gasteiger partial charge in [-0.15, -0.1) is 0 Å². The number of nitrogens with one attached hydrogen (secondary N) is 3. The van der Waals surface area contributed by atoms with Crippen molar-refractivity contribution >= 4 is 15.7 Å². The third-order valence-corrected chi connectivity index (χ3v) is 7.78. The summed E-state index contributed by atoms with van der Waals surface area (Å²) >= 11 is 0. The van der Waals surface area contributed by atoms with Gasteiger partial charge in [-0.3, -0.25) is 0 Å². The Bertz CT molecular complexity index is 968. The fourth-order valence-electron chi connectivity index (χ4n) is 4.44. The molecule has 0 saturated carbocycles. The summed E-state index contributed by atoms with van der Waals surface area (Å²) in [4.78, 5) is 0. The van der Waals surface area contributed by atoms with Gasteiger partial charge in [-0.1, -0.05) is 63.2 Å². The Balaban J connectivity index is 1.69. The highest BCUT2D eigenvalue weighted by molar-refractivity contribution is 7.89. The van der Waals surface area contributed by atoms with Gasteiger partial charge in [-0.25, -0.2) is 13.1 Å². The molecule has 3 rings (SSSR count). The zero-order chi connectivity index (χ0) is 23.2. The summed E-state index contributed by atoms with van der Waals surface area (Å²) in [5.74, 6) is 0.586. The van der Waals surface area contributed by atoms with Crippen molar-refractivity contribution in [2.45, 2.75) is 57.9 Å². The number of sulfonamides is 1. The standard InChI is InChI=1S/C26H39N3O2S/c1-26(2,3)23-13-14-24-22(19-23)18-21(25(29-24)20-10-6-5-7-11-20)12-8-16-28-32(30,31)17-9-15-27-4/h5-7,10-11,13-14,19,21,25,27-29H,8-9,12,15-18H2,1-4H3. The molecule has 0 aliphatic carbocycles. The van der Waals surface area contributed by atoms with Crippen LogP contribution in [0.5, 0.6) is 0 Å². The first-order valence-electron chi connectivity index (χ1n) is 11.8. The van der Waals surface area contributed by atoms with Crippen LogP contribution in [0, 0.1) is 5.92 Å². The highest BCUT2D eigenvalue weighted by Gasteiger charge is 2.30. The highest BCUT2D eigenvalue weighted by Crippen LogP contribution is 2.40. The van der Waals surface area contributed by atoms with Crippen molar-refractivity contribution in [3.8, 4) is 0 Å². The highest BCUT2D eigenvalue weighted by atomic mass is 32.2. The summed E-state index contributed by atoms with van der Waals surface area (Å²) in [5.41, 5.74) is 5.34. The minimum atomic E-state index is -3.20. The summed E-state index contributed by atoms with van der Waals surface area (Å²) in [6.45, 7) is 7.95. The zero-order valence-electron chi connectivity index (χ0n) is 19.9. The Hall–Kier alpha value is -1.89. The smallest absolute Gasteiger partial charge is 0.211 e. The summed E-state index contributed by atoms with van der Waals surface area (Å²) in [7, 11) is -1.36. The lowest BCUT2D eigenvalue weighted by molar-refractivity contribution is 0.396. The van der Waals surface area contributed by atoms with Gasteiger partial charge < -0.3 is 10.6 Å².